The second kappa shape index (κ2) is 17.8. The van der Waals surface area contributed by atoms with Crippen LogP contribution in [0.2, 0.25) is 0 Å². The number of hydrogen-bond donors (Lipinski definition) is 1. The van der Waals surface area contributed by atoms with Gasteiger partial charge in [0.2, 0.25) is 0 Å². The molecule has 0 heterocycles. The van der Waals surface area contributed by atoms with Crippen molar-refractivity contribution in [3.8, 4) is 39.5 Å². The van der Waals surface area contributed by atoms with E-state index in [0.717, 1.165) is 46.6 Å². The Hall–Kier alpha value is -4.54. The van der Waals surface area contributed by atoms with Gasteiger partial charge in [0, 0.05) is 11.1 Å². The van der Waals surface area contributed by atoms with Crippen LogP contribution in [0.25, 0.3) is 22.3 Å². The molecule has 0 fully saturated rings. The lowest BCUT2D eigenvalue weighted by molar-refractivity contribution is -0.0738. The number of aromatic hydroxyl groups is 1. The summed E-state index contributed by atoms with van der Waals surface area (Å²) in [6.07, 6.45) is 1.90. The van der Waals surface area contributed by atoms with Crippen LogP contribution in [0, 0.1) is 0 Å². The van der Waals surface area contributed by atoms with E-state index in [-0.39, 0.29) is 6.29 Å². The number of phenolic OH excluding ortho intramolecular Hbond substituents is 1. The molecule has 4 heteroatoms. The summed E-state index contributed by atoms with van der Waals surface area (Å²) in [5, 5.41) is 9.01. The molecule has 3 unspecified atom stereocenters. The highest BCUT2D eigenvalue weighted by Gasteiger charge is 2.14. The van der Waals surface area contributed by atoms with Crippen molar-refractivity contribution in [1.82, 2.24) is 0 Å². The Labute approximate surface area is 275 Å². The summed E-state index contributed by atoms with van der Waals surface area (Å²) in [6, 6.07) is 42.7. The molecule has 240 valence electrons. The van der Waals surface area contributed by atoms with Gasteiger partial charge in [-0.25, -0.2) is 0 Å². The third-order valence-corrected chi connectivity index (χ3v) is 8.30. The van der Waals surface area contributed by atoms with E-state index in [1.807, 2.05) is 67.6 Å². The second-order valence-electron chi connectivity index (χ2n) is 11.6. The number of hydrogen-bond acceptors (Lipinski definition) is 4. The highest BCUT2D eigenvalue weighted by atomic mass is 16.7. The number of para-hydroxylation sites is 1. The maximum atomic E-state index is 9.01. The van der Waals surface area contributed by atoms with Gasteiger partial charge in [0.1, 0.15) is 23.9 Å². The average Bonchev–Trinajstić information content (AvgIpc) is 3.11. The standard InChI is InChI=1S/C32H34O3.C10H14O/c1-4-24(2)26-18-20-29(21-19-26)35-25(3)33-22-23-34-32-30(27-12-7-5-8-13-27)16-11-17-31(32)28-14-9-6-10-15-28;1-3-8(2)9-4-6-10(11)7-5-9/h5-21,24-25H,4,22-23H2,1-3H3;4-8,11H,3H2,1-2H3. The van der Waals surface area contributed by atoms with Gasteiger partial charge in [-0.15, -0.1) is 0 Å². The zero-order valence-electron chi connectivity index (χ0n) is 27.9. The van der Waals surface area contributed by atoms with Crippen LogP contribution in [-0.4, -0.2) is 24.6 Å². The fourth-order valence-corrected chi connectivity index (χ4v) is 5.12. The molecular formula is C42H48O4. The Morgan fingerprint density at radius 2 is 1.02 bits per heavy atom. The zero-order chi connectivity index (χ0) is 32.7. The Kier molecular flexibility index (Phi) is 13.3. The fraction of sp³-hybridized carbons (Fsp3) is 0.286. The molecule has 46 heavy (non-hydrogen) atoms. The number of phenols is 1. The normalized spacial score (nSPS) is 12.7. The van der Waals surface area contributed by atoms with E-state index in [4.69, 9.17) is 19.3 Å². The van der Waals surface area contributed by atoms with Crippen molar-refractivity contribution in [1.29, 1.82) is 0 Å². The highest BCUT2D eigenvalue weighted by Crippen LogP contribution is 2.39. The van der Waals surface area contributed by atoms with E-state index in [1.54, 1.807) is 12.1 Å². The van der Waals surface area contributed by atoms with Gasteiger partial charge in [0.25, 0.3) is 0 Å². The maximum absolute atomic E-state index is 9.01. The third kappa shape index (κ3) is 9.98. The first-order valence-corrected chi connectivity index (χ1v) is 16.4. The molecule has 5 aromatic rings. The fourth-order valence-electron chi connectivity index (χ4n) is 5.12. The summed E-state index contributed by atoms with van der Waals surface area (Å²) in [6.45, 7) is 11.5. The SMILES string of the molecule is CCC(C)c1ccc(O)cc1.CCC(C)c1ccc(OC(C)OCCOc2c(-c3ccccc3)cccc2-c2ccccc2)cc1. The number of ether oxygens (including phenoxy) is 3. The van der Waals surface area contributed by atoms with E-state index in [2.05, 4.69) is 82.3 Å². The van der Waals surface area contributed by atoms with E-state index < -0.39 is 0 Å². The molecule has 0 saturated carbocycles. The smallest absolute Gasteiger partial charge is 0.197 e. The Bertz CT molecular complexity index is 1510. The largest absolute Gasteiger partial charge is 0.508 e. The first kappa shape index (κ1) is 34.3. The number of rotatable bonds is 13. The molecule has 5 rings (SSSR count). The summed E-state index contributed by atoms with van der Waals surface area (Å²) in [5.41, 5.74) is 7.01. The van der Waals surface area contributed by atoms with Crippen molar-refractivity contribution >= 4 is 0 Å². The van der Waals surface area contributed by atoms with Crippen molar-refractivity contribution in [3.05, 3.63) is 139 Å². The maximum Gasteiger partial charge on any atom is 0.197 e. The van der Waals surface area contributed by atoms with Gasteiger partial charge in [-0.05, 0) is 78.1 Å². The molecule has 0 aliphatic rings. The summed E-state index contributed by atoms with van der Waals surface area (Å²) < 4.78 is 18.2. The van der Waals surface area contributed by atoms with E-state index >= 15 is 0 Å². The van der Waals surface area contributed by atoms with Crippen LogP contribution in [-0.2, 0) is 4.74 Å². The molecule has 3 atom stereocenters. The first-order chi connectivity index (χ1) is 22.4. The van der Waals surface area contributed by atoms with Crippen LogP contribution in [0.4, 0.5) is 0 Å². The van der Waals surface area contributed by atoms with Crippen LogP contribution in [0.15, 0.2) is 127 Å². The van der Waals surface area contributed by atoms with Crippen LogP contribution in [0.1, 0.15) is 70.4 Å². The minimum absolute atomic E-state index is 0.344. The van der Waals surface area contributed by atoms with E-state index in [0.29, 0.717) is 30.8 Å². The third-order valence-electron chi connectivity index (χ3n) is 8.30. The van der Waals surface area contributed by atoms with Crippen molar-refractivity contribution in [3.63, 3.8) is 0 Å². The van der Waals surface area contributed by atoms with Gasteiger partial charge in [0.15, 0.2) is 6.29 Å². The van der Waals surface area contributed by atoms with Crippen LogP contribution in [0.3, 0.4) is 0 Å². The molecule has 0 saturated heterocycles. The molecule has 0 aromatic heterocycles. The van der Waals surface area contributed by atoms with Gasteiger partial charge < -0.3 is 19.3 Å². The lowest BCUT2D eigenvalue weighted by atomic mass is 9.97. The van der Waals surface area contributed by atoms with Gasteiger partial charge >= 0.3 is 0 Å². The molecule has 0 aliphatic heterocycles. The zero-order valence-corrected chi connectivity index (χ0v) is 27.9. The van der Waals surface area contributed by atoms with Crippen LogP contribution < -0.4 is 9.47 Å². The topological polar surface area (TPSA) is 47.9 Å². The van der Waals surface area contributed by atoms with E-state index in [9.17, 15) is 0 Å². The minimum atomic E-state index is -0.369. The predicted octanol–water partition coefficient (Wildman–Crippen LogP) is 11.3. The van der Waals surface area contributed by atoms with Crippen molar-refractivity contribution in [2.24, 2.45) is 0 Å². The molecule has 0 spiro atoms. The molecule has 0 bridgehead atoms. The predicted molar refractivity (Wildman–Crippen MR) is 191 cm³/mol. The average molecular weight is 617 g/mol. The van der Waals surface area contributed by atoms with Gasteiger partial charge in [-0.3, -0.25) is 0 Å². The lowest BCUT2D eigenvalue weighted by Gasteiger charge is -2.19. The van der Waals surface area contributed by atoms with E-state index in [1.165, 1.54) is 11.1 Å². The minimum Gasteiger partial charge on any atom is -0.508 e. The van der Waals surface area contributed by atoms with Gasteiger partial charge in [0.05, 0.1) is 6.61 Å². The van der Waals surface area contributed by atoms with Crippen molar-refractivity contribution in [2.75, 3.05) is 13.2 Å². The Balaban J connectivity index is 0.000000369. The molecule has 4 nitrogen and oxygen atoms in total. The Morgan fingerprint density at radius 1 is 0.543 bits per heavy atom. The summed E-state index contributed by atoms with van der Waals surface area (Å²) in [4.78, 5) is 0. The van der Waals surface area contributed by atoms with Crippen LogP contribution >= 0.6 is 0 Å². The van der Waals surface area contributed by atoms with Crippen molar-refractivity contribution < 1.29 is 19.3 Å². The summed E-state index contributed by atoms with van der Waals surface area (Å²) in [5.74, 6) is 3.16. The monoisotopic (exact) mass is 616 g/mol. The van der Waals surface area contributed by atoms with Crippen molar-refractivity contribution in [2.45, 2.75) is 65.6 Å². The van der Waals surface area contributed by atoms with Crippen LogP contribution in [0.5, 0.6) is 17.2 Å². The van der Waals surface area contributed by atoms with Gasteiger partial charge in [-0.2, -0.15) is 0 Å². The highest BCUT2D eigenvalue weighted by molar-refractivity contribution is 5.82. The molecular weight excluding hydrogens is 568 g/mol. The molecule has 0 aliphatic carbocycles. The molecule has 5 aromatic carbocycles. The van der Waals surface area contributed by atoms with Gasteiger partial charge in [-0.1, -0.05) is 131 Å². The molecule has 1 N–H and O–H groups in total. The molecule has 0 amide bonds. The summed E-state index contributed by atoms with van der Waals surface area (Å²) in [7, 11) is 0. The number of benzene rings is 5. The first-order valence-electron chi connectivity index (χ1n) is 16.4. The second-order valence-corrected chi connectivity index (χ2v) is 11.6. The Morgan fingerprint density at radius 3 is 1.50 bits per heavy atom. The summed E-state index contributed by atoms with van der Waals surface area (Å²) >= 11 is 0. The quantitative estimate of drug-likeness (QED) is 0.106. The lowest BCUT2D eigenvalue weighted by Crippen LogP contribution is -2.20. The molecule has 0 radical (unpaired) electrons.